The SMILES string of the molecule is CCCCCCCCC/C=C\CCCCCCCCCC(=O)OCCCCCCCCCCC/C=C\CCCCCCCCCC(=O)NC(CO)C(O)/C=C/CCCCCCCCCCCCC. The van der Waals surface area contributed by atoms with Crippen molar-refractivity contribution in [2.75, 3.05) is 13.2 Å². The van der Waals surface area contributed by atoms with E-state index in [0.29, 0.717) is 19.4 Å². The largest absolute Gasteiger partial charge is 0.466 e. The van der Waals surface area contributed by atoms with E-state index in [2.05, 4.69) is 43.5 Å². The second kappa shape index (κ2) is 57.7. The Labute approximate surface area is 424 Å². The van der Waals surface area contributed by atoms with Gasteiger partial charge in [0.25, 0.3) is 0 Å². The minimum Gasteiger partial charge on any atom is -0.466 e. The number of hydrogen-bond donors (Lipinski definition) is 3. The number of nitrogens with one attached hydrogen (secondary N) is 1. The van der Waals surface area contributed by atoms with Crippen molar-refractivity contribution in [1.82, 2.24) is 5.32 Å². The number of hydrogen-bond acceptors (Lipinski definition) is 5. The van der Waals surface area contributed by atoms with Crippen LogP contribution in [-0.4, -0.2) is 47.4 Å². The number of allylic oxidation sites excluding steroid dienone is 5. The van der Waals surface area contributed by atoms with E-state index in [4.69, 9.17) is 4.74 Å². The molecule has 0 fully saturated rings. The molecule has 0 radical (unpaired) electrons. The minimum absolute atomic E-state index is 0.00251. The summed E-state index contributed by atoms with van der Waals surface area (Å²) < 4.78 is 5.49. The van der Waals surface area contributed by atoms with Crippen molar-refractivity contribution < 1.29 is 24.5 Å². The molecule has 0 bridgehead atoms. The van der Waals surface area contributed by atoms with E-state index in [-0.39, 0.29) is 18.5 Å². The summed E-state index contributed by atoms with van der Waals surface area (Å²) in [6, 6.07) is -0.634. The lowest BCUT2D eigenvalue weighted by Crippen LogP contribution is -2.45. The van der Waals surface area contributed by atoms with Crippen LogP contribution in [0.1, 0.15) is 322 Å². The van der Waals surface area contributed by atoms with Crippen molar-refractivity contribution >= 4 is 11.9 Å². The van der Waals surface area contributed by atoms with E-state index < -0.39 is 12.1 Å². The summed E-state index contributed by atoms with van der Waals surface area (Å²) in [4.78, 5) is 24.5. The molecule has 0 saturated carbocycles. The third-order valence-corrected chi connectivity index (χ3v) is 13.9. The van der Waals surface area contributed by atoms with E-state index in [1.54, 1.807) is 6.08 Å². The van der Waals surface area contributed by atoms with E-state index in [1.165, 1.54) is 244 Å². The Morgan fingerprint density at radius 1 is 0.397 bits per heavy atom. The molecule has 3 N–H and O–H groups in total. The van der Waals surface area contributed by atoms with Crippen molar-refractivity contribution in [3.8, 4) is 0 Å². The van der Waals surface area contributed by atoms with Crippen LogP contribution in [0.15, 0.2) is 36.5 Å². The van der Waals surface area contributed by atoms with E-state index in [9.17, 15) is 19.8 Å². The molecule has 0 aromatic carbocycles. The number of carbonyl (C=O) groups excluding carboxylic acids is 2. The van der Waals surface area contributed by atoms with Crippen LogP contribution in [0.4, 0.5) is 0 Å². The zero-order chi connectivity index (χ0) is 49.3. The zero-order valence-corrected chi connectivity index (χ0v) is 45.6. The van der Waals surface area contributed by atoms with Gasteiger partial charge in [-0.25, -0.2) is 0 Å². The molecule has 0 aliphatic rings. The number of rotatable bonds is 56. The predicted molar refractivity (Wildman–Crippen MR) is 296 cm³/mol. The van der Waals surface area contributed by atoms with E-state index >= 15 is 0 Å². The Morgan fingerprint density at radius 3 is 1.04 bits per heavy atom. The van der Waals surface area contributed by atoms with Gasteiger partial charge < -0.3 is 20.3 Å². The molecule has 6 heteroatoms. The van der Waals surface area contributed by atoms with Gasteiger partial charge in [-0.2, -0.15) is 0 Å². The van der Waals surface area contributed by atoms with Crippen molar-refractivity contribution in [3.63, 3.8) is 0 Å². The first kappa shape index (κ1) is 66.1. The number of esters is 1. The van der Waals surface area contributed by atoms with Crippen molar-refractivity contribution in [2.45, 2.75) is 334 Å². The molecule has 2 atom stereocenters. The monoisotopic (exact) mass is 956 g/mol. The molecule has 2 unspecified atom stereocenters. The second-order valence-electron chi connectivity index (χ2n) is 20.7. The highest BCUT2D eigenvalue weighted by atomic mass is 16.5. The van der Waals surface area contributed by atoms with E-state index in [0.717, 1.165) is 51.4 Å². The van der Waals surface area contributed by atoms with Crippen molar-refractivity contribution in [1.29, 1.82) is 0 Å². The van der Waals surface area contributed by atoms with Gasteiger partial charge in [-0.05, 0) is 83.5 Å². The normalized spacial score (nSPS) is 12.8. The lowest BCUT2D eigenvalue weighted by Gasteiger charge is -2.20. The molecule has 0 rings (SSSR count). The number of carbonyl (C=O) groups is 2. The Hall–Kier alpha value is -1.92. The molecule has 400 valence electrons. The van der Waals surface area contributed by atoms with Gasteiger partial charge in [0.15, 0.2) is 0 Å². The van der Waals surface area contributed by atoms with Gasteiger partial charge in [0.05, 0.1) is 25.4 Å². The molecule has 0 aliphatic heterocycles. The first-order chi connectivity index (χ1) is 33.5. The standard InChI is InChI=1S/C62H117NO5/c1-3-5-7-9-11-13-15-17-18-19-25-28-32-36-40-44-48-52-56-62(67)68-57-53-49-45-41-37-33-29-26-23-21-20-22-24-27-31-35-39-43-47-51-55-61(66)63-59(58-64)60(65)54-50-46-42-38-34-30-16-14-12-10-8-6-4-2/h18-20,22,50,54,59-60,64-65H,3-17,21,23-49,51-53,55-58H2,1-2H3,(H,63,66)/b19-18-,22-20-,54-50+. The molecule has 0 spiro atoms. The number of aliphatic hydroxyl groups excluding tert-OH is 2. The molecular weight excluding hydrogens is 839 g/mol. The van der Waals surface area contributed by atoms with Crippen molar-refractivity contribution in [2.24, 2.45) is 0 Å². The highest BCUT2D eigenvalue weighted by Gasteiger charge is 2.18. The molecule has 0 aromatic heterocycles. The molecule has 68 heavy (non-hydrogen) atoms. The first-order valence-electron chi connectivity index (χ1n) is 30.3. The Bertz CT molecular complexity index is 1100. The summed E-state index contributed by atoms with van der Waals surface area (Å²) in [7, 11) is 0. The first-order valence-corrected chi connectivity index (χ1v) is 30.3. The molecule has 6 nitrogen and oxygen atoms in total. The lowest BCUT2D eigenvalue weighted by atomic mass is 10.0. The molecular formula is C62H117NO5. The van der Waals surface area contributed by atoms with Gasteiger partial charge in [0.2, 0.25) is 5.91 Å². The van der Waals surface area contributed by atoms with Crippen LogP contribution in [-0.2, 0) is 14.3 Å². The lowest BCUT2D eigenvalue weighted by molar-refractivity contribution is -0.143. The average Bonchev–Trinajstić information content (AvgIpc) is 3.34. The van der Waals surface area contributed by atoms with Gasteiger partial charge in [-0.1, -0.05) is 262 Å². The maximum absolute atomic E-state index is 12.4. The molecule has 0 heterocycles. The Kier molecular flexibility index (Phi) is 56.0. The fourth-order valence-electron chi connectivity index (χ4n) is 9.21. The van der Waals surface area contributed by atoms with E-state index in [1.807, 2.05) is 6.08 Å². The molecule has 0 saturated heterocycles. The Balaban J connectivity index is 3.43. The van der Waals surface area contributed by atoms with Crippen LogP contribution >= 0.6 is 0 Å². The number of aliphatic hydroxyl groups is 2. The van der Waals surface area contributed by atoms with Crippen LogP contribution in [0.3, 0.4) is 0 Å². The smallest absolute Gasteiger partial charge is 0.305 e. The fourth-order valence-corrected chi connectivity index (χ4v) is 9.21. The molecule has 1 amide bonds. The zero-order valence-electron chi connectivity index (χ0n) is 45.6. The summed E-state index contributed by atoms with van der Waals surface area (Å²) in [5.41, 5.74) is 0. The maximum Gasteiger partial charge on any atom is 0.305 e. The third-order valence-electron chi connectivity index (χ3n) is 13.9. The maximum atomic E-state index is 12.4. The van der Waals surface area contributed by atoms with Crippen LogP contribution in [0, 0.1) is 0 Å². The van der Waals surface area contributed by atoms with Gasteiger partial charge >= 0.3 is 5.97 Å². The van der Waals surface area contributed by atoms with Crippen molar-refractivity contribution in [3.05, 3.63) is 36.5 Å². The quantitative estimate of drug-likeness (QED) is 0.0321. The van der Waals surface area contributed by atoms with Gasteiger partial charge in [0.1, 0.15) is 0 Å². The average molecular weight is 957 g/mol. The van der Waals surface area contributed by atoms with Crippen LogP contribution < -0.4 is 5.32 Å². The summed E-state index contributed by atoms with van der Waals surface area (Å²) in [5.74, 6) is -0.0742. The number of unbranched alkanes of at least 4 members (excludes halogenated alkanes) is 41. The molecule has 0 aliphatic carbocycles. The highest BCUT2D eigenvalue weighted by molar-refractivity contribution is 5.76. The third kappa shape index (κ3) is 53.4. The summed E-state index contributed by atoms with van der Waals surface area (Å²) in [6.07, 6.45) is 71.7. The number of amides is 1. The van der Waals surface area contributed by atoms with Crippen LogP contribution in [0.5, 0.6) is 0 Å². The number of ether oxygens (including phenoxy) is 1. The topological polar surface area (TPSA) is 95.9 Å². The minimum atomic E-state index is -0.849. The van der Waals surface area contributed by atoms with Gasteiger partial charge in [-0.3, -0.25) is 9.59 Å². The van der Waals surface area contributed by atoms with Crippen LogP contribution in [0.25, 0.3) is 0 Å². The summed E-state index contributed by atoms with van der Waals surface area (Å²) >= 11 is 0. The second-order valence-corrected chi connectivity index (χ2v) is 20.7. The predicted octanol–water partition coefficient (Wildman–Crippen LogP) is 18.8. The fraction of sp³-hybridized carbons (Fsp3) is 0.871. The summed E-state index contributed by atoms with van der Waals surface area (Å²) in [5, 5.41) is 23.1. The molecule has 0 aromatic rings. The van der Waals surface area contributed by atoms with Gasteiger partial charge in [0, 0.05) is 12.8 Å². The van der Waals surface area contributed by atoms with Crippen LogP contribution in [0.2, 0.25) is 0 Å². The Morgan fingerprint density at radius 2 is 0.691 bits per heavy atom. The highest BCUT2D eigenvalue weighted by Crippen LogP contribution is 2.16. The van der Waals surface area contributed by atoms with Gasteiger partial charge in [-0.15, -0.1) is 0 Å². The summed E-state index contributed by atoms with van der Waals surface area (Å²) in [6.45, 7) is 4.89.